The van der Waals surface area contributed by atoms with Crippen LogP contribution >= 0.6 is 68.4 Å². The summed E-state index contributed by atoms with van der Waals surface area (Å²) in [6.45, 7) is 1.03. The summed E-state index contributed by atoms with van der Waals surface area (Å²) in [7, 11) is 2.89. The number of hydrogen-bond acceptors (Lipinski definition) is 23. The number of aliphatic hydroxyl groups excluding tert-OH is 1. The molecule has 10 rings (SSSR count). The van der Waals surface area contributed by atoms with Crippen molar-refractivity contribution in [2.24, 2.45) is 22.7 Å². The molecule has 7 aromatic rings. The number of thiazole rings is 5. The molecule has 1 aliphatic carbocycles. The number of aliphatic imine (C=N–C) groups is 1. The van der Waals surface area contributed by atoms with E-state index in [-0.39, 0.29) is 46.4 Å². The topological polar surface area (TPSA) is 348 Å². The molecular formula is C51H50N14O10S6. The van der Waals surface area contributed by atoms with Crippen molar-refractivity contribution in [3.8, 4) is 43.4 Å². The number of carboxylic acid groups (broad SMARTS) is 1. The molecule has 8 heterocycles. The van der Waals surface area contributed by atoms with Crippen molar-refractivity contribution in [2.45, 2.75) is 68.5 Å². The van der Waals surface area contributed by atoms with Gasteiger partial charge in [0.2, 0.25) is 17.7 Å². The Morgan fingerprint density at radius 2 is 1.49 bits per heavy atom. The number of aryl methyl sites for hydroxylation is 1. The van der Waals surface area contributed by atoms with E-state index in [9.17, 15) is 43.8 Å². The molecule has 6 aromatic heterocycles. The highest BCUT2D eigenvalue weighted by atomic mass is 32.2. The molecule has 24 nitrogen and oxygen atoms in total. The van der Waals surface area contributed by atoms with Crippen molar-refractivity contribution in [3.63, 3.8) is 0 Å². The molecule has 2 unspecified atom stereocenters. The van der Waals surface area contributed by atoms with Crippen LogP contribution in [0.4, 0.5) is 5.82 Å². The van der Waals surface area contributed by atoms with E-state index < -0.39 is 77.4 Å². The standard InChI is InChI=1S/C51H50N14O10S6/c1-22-36-43(71)64-51-63-38(32(81-51)17-75-3)49(72)65(52)16-35(67)61-39(40(68)23-7-5-4-6-8-23)48-58-31(20-78-48)46-56-29(18-77-46)37-26(44-57-30(19-76-44)42(70)55-28(15-34(66)53-2)47(62-36)80-22)13-14-27(54-37)45-60-33(21-79-45)59-41(69)24-9-11-25(12-10-24)50(73)74/h4-8,13-14,18-21,24-25,28,32,38-40,68H,9-12,15-17,52H2,1-3H3,(H,53,66)(H,55,70)(H,59,69)(H,61,67)(H,73,74)(H,63,64,71)/t24?,25?,28-,32?,38?,39-,40-/m0/s1. The van der Waals surface area contributed by atoms with E-state index >= 15 is 0 Å². The van der Waals surface area contributed by atoms with E-state index in [4.69, 9.17) is 35.5 Å². The number of nitrogens with two attached hydrogens (primary N) is 1. The Kier molecular flexibility index (Phi) is 17.5. The lowest BCUT2D eigenvalue weighted by atomic mass is 9.81. The number of hydrogen-bond donors (Lipinski definition) is 8. The van der Waals surface area contributed by atoms with Gasteiger partial charge in [-0.3, -0.25) is 43.9 Å². The number of carbonyl (C=O) groups excluding carboxylic acids is 6. The summed E-state index contributed by atoms with van der Waals surface area (Å²) in [5.41, 5.74) is 2.55. The highest BCUT2D eigenvalue weighted by Crippen LogP contribution is 2.40. The van der Waals surface area contributed by atoms with Crippen molar-refractivity contribution in [2.75, 3.05) is 32.6 Å². The third kappa shape index (κ3) is 12.8. The Morgan fingerprint density at radius 1 is 0.790 bits per heavy atom. The second-order valence-electron chi connectivity index (χ2n) is 18.8. The van der Waals surface area contributed by atoms with Gasteiger partial charge in [-0.1, -0.05) is 42.1 Å². The Labute approximate surface area is 485 Å². The number of methoxy groups -OCH3 is 1. The minimum absolute atomic E-state index is 0.0124. The second kappa shape index (κ2) is 24.8. The highest BCUT2D eigenvalue weighted by Gasteiger charge is 2.40. The van der Waals surface area contributed by atoms with Crippen LogP contribution in [0.1, 0.15) is 91.7 Å². The maximum absolute atomic E-state index is 14.2. The Bertz CT molecular complexity index is 3570. The summed E-state index contributed by atoms with van der Waals surface area (Å²) >= 11 is 6.99. The molecule has 0 spiro atoms. The van der Waals surface area contributed by atoms with Gasteiger partial charge in [-0.2, -0.15) is 0 Å². The van der Waals surface area contributed by atoms with Gasteiger partial charge in [-0.25, -0.2) is 40.7 Å². The summed E-state index contributed by atoms with van der Waals surface area (Å²) in [4.78, 5) is 128. The summed E-state index contributed by atoms with van der Waals surface area (Å²) in [6, 6.07) is 8.86. The smallest absolute Gasteiger partial charge is 0.306 e. The lowest BCUT2D eigenvalue weighted by molar-refractivity contribution is -0.143. The van der Waals surface area contributed by atoms with Gasteiger partial charge in [-0.05, 0) is 50.3 Å². The number of nitrogens with zero attached hydrogens (tertiary/aromatic N) is 8. The number of aromatic nitrogens is 6. The number of amidine groups is 1. The quantitative estimate of drug-likeness (QED) is 0.0610. The average molecular weight is 1210 g/mol. The number of carbonyl (C=O) groups is 7. The van der Waals surface area contributed by atoms with Crippen LogP contribution in [-0.2, 0) is 28.7 Å². The van der Waals surface area contributed by atoms with Crippen LogP contribution < -0.4 is 32.4 Å². The predicted molar refractivity (Wildman–Crippen MR) is 306 cm³/mol. The summed E-state index contributed by atoms with van der Waals surface area (Å²) < 4.78 is 5.39. The molecule has 1 fully saturated rings. The van der Waals surface area contributed by atoms with E-state index in [0.29, 0.717) is 95.3 Å². The van der Waals surface area contributed by atoms with E-state index in [2.05, 4.69) is 36.6 Å². The molecule has 9 N–H and O–H groups in total. The largest absolute Gasteiger partial charge is 0.481 e. The van der Waals surface area contributed by atoms with Gasteiger partial charge in [0.1, 0.15) is 84.1 Å². The lowest BCUT2D eigenvalue weighted by Gasteiger charge is -2.25. The molecule has 30 heteroatoms. The highest BCUT2D eigenvalue weighted by molar-refractivity contribution is 8.14. The maximum Gasteiger partial charge on any atom is 0.306 e. The van der Waals surface area contributed by atoms with Crippen LogP contribution in [0.3, 0.4) is 0 Å². The minimum Gasteiger partial charge on any atom is -0.481 e. The van der Waals surface area contributed by atoms with Crippen molar-refractivity contribution < 1.29 is 48.5 Å². The molecule has 3 aliphatic rings. The Balaban J connectivity index is 1.02. The molecule has 420 valence electrons. The normalized spacial score (nSPS) is 21.1. The first-order chi connectivity index (χ1) is 39.0. The lowest BCUT2D eigenvalue weighted by Crippen LogP contribution is -2.51. The average Bonchev–Trinajstić information content (AvgIpc) is 4.56. The molecule has 0 saturated heterocycles. The third-order valence-corrected chi connectivity index (χ3v) is 19.1. The number of ether oxygens (including phenoxy) is 1. The Morgan fingerprint density at radius 3 is 2.25 bits per heavy atom. The van der Waals surface area contributed by atoms with Crippen LogP contribution in [0, 0.1) is 18.8 Å². The maximum atomic E-state index is 14.2. The van der Waals surface area contributed by atoms with Crippen LogP contribution in [0.25, 0.3) is 43.4 Å². The first-order valence-corrected chi connectivity index (χ1v) is 30.3. The summed E-state index contributed by atoms with van der Waals surface area (Å²) in [6.07, 6.45) is 0.175. The van der Waals surface area contributed by atoms with E-state index in [1.807, 2.05) is 0 Å². The summed E-state index contributed by atoms with van der Waals surface area (Å²) in [5, 5.41) is 44.0. The van der Waals surface area contributed by atoms with Gasteiger partial charge in [0, 0.05) is 52.0 Å². The zero-order valence-electron chi connectivity index (χ0n) is 43.1. The monoisotopic (exact) mass is 1210 g/mol. The zero-order chi connectivity index (χ0) is 57.1. The van der Waals surface area contributed by atoms with E-state index in [1.165, 1.54) is 36.8 Å². The number of aliphatic hydroxyl groups is 1. The van der Waals surface area contributed by atoms with Crippen LogP contribution in [-0.4, -0.2) is 130 Å². The van der Waals surface area contributed by atoms with Gasteiger partial charge in [-0.15, -0.1) is 56.7 Å². The first-order valence-electron chi connectivity index (χ1n) is 25.0. The first kappa shape index (κ1) is 57.0. The number of aliphatic carboxylic acids is 1. The SMILES string of the molecule is CNC(=O)C[C@@H]1NC(=O)c2csc(n2)-c2ccc(-c3nc(NC(=O)C4CCC(C(=O)O)CC4)cs3)nc2-c2csc(n2)-c2csc(n2)[C@H]([C@@H](O)c2ccccc2)NC(=O)CN(N)C(=O)C2N=C(NC(=O)c3nc1sc3C)SC2COC. The number of pyridine rings is 1. The van der Waals surface area contributed by atoms with Gasteiger partial charge < -0.3 is 36.2 Å². The van der Waals surface area contributed by atoms with Gasteiger partial charge in [0.15, 0.2) is 5.17 Å². The fraction of sp³-hybridized carbons (Fsp3) is 0.333. The molecule has 2 aliphatic heterocycles. The number of hydrazine groups is 1. The van der Waals surface area contributed by atoms with Crippen molar-refractivity contribution >= 4 is 121 Å². The molecule has 81 heavy (non-hydrogen) atoms. The number of carboxylic acids is 1. The molecule has 5 atom stereocenters. The van der Waals surface area contributed by atoms with Gasteiger partial charge in [0.25, 0.3) is 17.7 Å². The molecule has 1 aromatic carbocycles. The zero-order valence-corrected chi connectivity index (χ0v) is 48.0. The fourth-order valence-corrected chi connectivity index (χ4v) is 14.5. The van der Waals surface area contributed by atoms with Crippen LogP contribution in [0.2, 0.25) is 0 Å². The van der Waals surface area contributed by atoms with E-state index in [1.54, 1.807) is 70.9 Å². The van der Waals surface area contributed by atoms with Crippen molar-refractivity contribution in [3.05, 3.63) is 95.8 Å². The number of anilines is 1. The number of benzene rings is 1. The van der Waals surface area contributed by atoms with Gasteiger partial charge in [0.05, 0.1) is 35.9 Å². The third-order valence-electron chi connectivity index (χ3n) is 13.4. The van der Waals surface area contributed by atoms with Crippen molar-refractivity contribution in [1.29, 1.82) is 0 Å². The molecule has 0 radical (unpaired) electrons. The Hall–Kier alpha value is -7.29. The molecule has 10 bridgehead atoms. The number of nitrogens with one attached hydrogen (secondary N) is 5. The van der Waals surface area contributed by atoms with Crippen molar-refractivity contribution in [1.82, 2.24) is 56.2 Å². The predicted octanol–water partition coefficient (Wildman–Crippen LogP) is 5.60. The summed E-state index contributed by atoms with van der Waals surface area (Å²) in [5.74, 6) is 1.50. The van der Waals surface area contributed by atoms with Gasteiger partial charge >= 0.3 is 5.97 Å². The van der Waals surface area contributed by atoms with E-state index in [0.717, 1.165) is 45.8 Å². The fourth-order valence-electron chi connectivity index (χ4n) is 9.16. The van der Waals surface area contributed by atoms with Crippen LogP contribution in [0.15, 0.2) is 69.0 Å². The van der Waals surface area contributed by atoms with Crippen LogP contribution in [0.5, 0.6) is 0 Å². The molecule has 6 amide bonds. The molecule has 1 saturated carbocycles. The number of rotatable bonds is 10. The number of amides is 6. The number of thioether (sulfide) groups is 1. The second-order valence-corrected chi connectivity index (χ2v) is 24.8. The number of fused-ring (bicyclic) bond motifs is 13. The minimum atomic E-state index is -1.31. The molecular weight excluding hydrogens is 1160 g/mol.